The number of methoxy groups -OCH3 is 1. The van der Waals surface area contributed by atoms with Gasteiger partial charge in [0.05, 0.1) is 13.2 Å². The van der Waals surface area contributed by atoms with E-state index in [1.807, 2.05) is 31.2 Å². The van der Waals surface area contributed by atoms with Crippen LogP contribution in [-0.4, -0.2) is 38.0 Å². The Hall–Kier alpha value is -1.26. The highest BCUT2D eigenvalue weighted by atomic mass is 16.5. The van der Waals surface area contributed by atoms with Crippen LogP contribution in [0.4, 0.5) is 5.69 Å². The van der Waals surface area contributed by atoms with E-state index in [1.165, 1.54) is 0 Å². The summed E-state index contributed by atoms with van der Waals surface area (Å²) in [5.74, 6) is 0.855. The van der Waals surface area contributed by atoms with Crippen LogP contribution >= 0.6 is 0 Å². The number of hydrogen-bond donors (Lipinski definition) is 2. The molecule has 0 aromatic heterocycles. The van der Waals surface area contributed by atoms with Crippen LogP contribution in [0.15, 0.2) is 24.3 Å². The molecule has 1 unspecified atom stereocenters. The number of aliphatic hydroxyl groups excluding tert-OH is 1. The third-order valence-electron chi connectivity index (χ3n) is 2.89. The van der Waals surface area contributed by atoms with E-state index in [4.69, 9.17) is 10.5 Å². The van der Waals surface area contributed by atoms with E-state index in [9.17, 15) is 5.11 Å². The molecule has 4 nitrogen and oxygen atoms in total. The number of rotatable bonds is 8. The lowest BCUT2D eigenvalue weighted by atomic mass is 10.2. The highest BCUT2D eigenvalue weighted by molar-refractivity contribution is 5.49. The van der Waals surface area contributed by atoms with Gasteiger partial charge in [-0.15, -0.1) is 0 Å². The second-order valence-electron chi connectivity index (χ2n) is 4.46. The molecule has 3 N–H and O–H groups in total. The zero-order valence-electron chi connectivity index (χ0n) is 11.3. The van der Waals surface area contributed by atoms with Crippen molar-refractivity contribution in [2.24, 2.45) is 5.73 Å². The zero-order chi connectivity index (χ0) is 13.4. The molecule has 0 saturated carbocycles. The zero-order valence-corrected chi connectivity index (χ0v) is 11.3. The second kappa shape index (κ2) is 7.95. The molecule has 0 radical (unpaired) electrons. The molecular formula is C14H24N2O2. The maximum atomic E-state index is 9.38. The van der Waals surface area contributed by atoms with Gasteiger partial charge in [0.15, 0.2) is 0 Å². The fourth-order valence-corrected chi connectivity index (χ4v) is 1.79. The number of aliphatic hydroxyl groups is 1. The molecule has 0 saturated heterocycles. The number of benzene rings is 1. The summed E-state index contributed by atoms with van der Waals surface area (Å²) in [4.78, 5) is 2.25. The van der Waals surface area contributed by atoms with Gasteiger partial charge in [-0.25, -0.2) is 0 Å². The first-order valence-electron chi connectivity index (χ1n) is 6.44. The van der Waals surface area contributed by atoms with E-state index >= 15 is 0 Å². The third-order valence-corrected chi connectivity index (χ3v) is 2.89. The molecular weight excluding hydrogens is 228 g/mol. The van der Waals surface area contributed by atoms with Crippen LogP contribution in [0.25, 0.3) is 0 Å². The van der Waals surface area contributed by atoms with Gasteiger partial charge < -0.3 is 20.5 Å². The highest BCUT2D eigenvalue weighted by Gasteiger charge is 2.07. The monoisotopic (exact) mass is 252 g/mol. The Morgan fingerprint density at radius 3 is 2.44 bits per heavy atom. The van der Waals surface area contributed by atoms with E-state index in [0.29, 0.717) is 6.54 Å². The number of anilines is 1. The first-order valence-corrected chi connectivity index (χ1v) is 6.44. The predicted molar refractivity (Wildman–Crippen MR) is 75.2 cm³/mol. The van der Waals surface area contributed by atoms with Crippen LogP contribution in [0.1, 0.15) is 19.8 Å². The standard InChI is InChI=1S/C14H24N2O2/c1-12(17)8-11-16(10-3-9-15)13-4-6-14(18-2)7-5-13/h4-7,12,17H,3,8-11,15H2,1-2H3. The second-order valence-corrected chi connectivity index (χ2v) is 4.46. The number of nitrogens with zero attached hydrogens (tertiary/aromatic N) is 1. The molecule has 1 rings (SSSR count). The van der Waals surface area contributed by atoms with Crippen molar-refractivity contribution in [3.05, 3.63) is 24.3 Å². The minimum absolute atomic E-state index is 0.274. The molecule has 0 aliphatic carbocycles. The molecule has 0 amide bonds. The van der Waals surface area contributed by atoms with E-state index in [-0.39, 0.29) is 6.10 Å². The Labute approximate surface area is 109 Å². The predicted octanol–water partition coefficient (Wildman–Crippen LogP) is 1.62. The molecule has 102 valence electrons. The minimum atomic E-state index is -0.274. The molecule has 0 fully saturated rings. The summed E-state index contributed by atoms with van der Waals surface area (Å²) in [5.41, 5.74) is 6.70. The van der Waals surface area contributed by atoms with Crippen LogP contribution < -0.4 is 15.4 Å². The number of nitrogens with two attached hydrogens (primary N) is 1. The Bertz CT molecular complexity index is 325. The minimum Gasteiger partial charge on any atom is -0.497 e. The van der Waals surface area contributed by atoms with Crippen LogP contribution in [0.3, 0.4) is 0 Å². The lowest BCUT2D eigenvalue weighted by Crippen LogP contribution is -2.29. The van der Waals surface area contributed by atoms with Gasteiger partial charge in [0.25, 0.3) is 0 Å². The van der Waals surface area contributed by atoms with Gasteiger partial charge >= 0.3 is 0 Å². The Kier molecular flexibility index (Phi) is 6.54. The van der Waals surface area contributed by atoms with Crippen molar-refractivity contribution in [1.29, 1.82) is 0 Å². The van der Waals surface area contributed by atoms with Crippen molar-refractivity contribution in [1.82, 2.24) is 0 Å². The molecule has 1 atom stereocenters. The maximum Gasteiger partial charge on any atom is 0.119 e. The van der Waals surface area contributed by atoms with Crippen LogP contribution in [-0.2, 0) is 0 Å². The quantitative estimate of drug-likeness (QED) is 0.738. The van der Waals surface area contributed by atoms with Crippen molar-refractivity contribution in [3.8, 4) is 5.75 Å². The number of hydrogen-bond acceptors (Lipinski definition) is 4. The van der Waals surface area contributed by atoms with Crippen molar-refractivity contribution in [2.45, 2.75) is 25.9 Å². The van der Waals surface area contributed by atoms with Crippen molar-refractivity contribution < 1.29 is 9.84 Å². The van der Waals surface area contributed by atoms with Gasteiger partial charge in [0, 0.05) is 18.8 Å². The fourth-order valence-electron chi connectivity index (χ4n) is 1.79. The van der Waals surface area contributed by atoms with Crippen molar-refractivity contribution in [3.63, 3.8) is 0 Å². The van der Waals surface area contributed by atoms with Crippen LogP contribution in [0, 0.1) is 0 Å². The maximum absolute atomic E-state index is 9.38. The van der Waals surface area contributed by atoms with E-state index in [2.05, 4.69) is 4.90 Å². The topological polar surface area (TPSA) is 58.7 Å². The lowest BCUT2D eigenvalue weighted by Gasteiger charge is -2.25. The molecule has 0 aliphatic rings. The summed E-state index contributed by atoms with van der Waals surface area (Å²) in [6.07, 6.45) is 1.44. The Morgan fingerprint density at radius 1 is 1.28 bits per heavy atom. The summed E-state index contributed by atoms with van der Waals surface area (Å²) in [6, 6.07) is 7.98. The van der Waals surface area contributed by atoms with Crippen LogP contribution in [0.2, 0.25) is 0 Å². The molecule has 1 aromatic carbocycles. The summed E-state index contributed by atoms with van der Waals surface area (Å²) < 4.78 is 5.15. The van der Waals surface area contributed by atoms with E-state index < -0.39 is 0 Å². The van der Waals surface area contributed by atoms with Crippen molar-refractivity contribution in [2.75, 3.05) is 31.6 Å². The molecule has 4 heteroatoms. The largest absolute Gasteiger partial charge is 0.497 e. The Balaban J connectivity index is 2.66. The first kappa shape index (κ1) is 14.8. The van der Waals surface area contributed by atoms with Gasteiger partial charge in [0.2, 0.25) is 0 Å². The summed E-state index contributed by atoms with van der Waals surface area (Å²) in [6.45, 7) is 4.25. The van der Waals surface area contributed by atoms with Gasteiger partial charge in [-0.1, -0.05) is 0 Å². The molecule has 0 spiro atoms. The third kappa shape index (κ3) is 4.94. The highest BCUT2D eigenvalue weighted by Crippen LogP contribution is 2.19. The number of ether oxygens (including phenoxy) is 1. The SMILES string of the molecule is COc1ccc(N(CCCN)CCC(C)O)cc1. The normalized spacial score (nSPS) is 12.2. The molecule has 0 aliphatic heterocycles. The van der Waals surface area contributed by atoms with E-state index in [0.717, 1.165) is 37.4 Å². The molecule has 18 heavy (non-hydrogen) atoms. The molecule has 1 aromatic rings. The van der Waals surface area contributed by atoms with Crippen molar-refractivity contribution >= 4 is 5.69 Å². The molecule has 0 bridgehead atoms. The average molecular weight is 252 g/mol. The summed E-state index contributed by atoms with van der Waals surface area (Å²) >= 11 is 0. The van der Waals surface area contributed by atoms with Gasteiger partial charge in [0.1, 0.15) is 5.75 Å². The summed E-state index contributed by atoms with van der Waals surface area (Å²) in [7, 11) is 1.66. The lowest BCUT2D eigenvalue weighted by molar-refractivity contribution is 0.186. The Morgan fingerprint density at radius 2 is 1.94 bits per heavy atom. The first-order chi connectivity index (χ1) is 8.67. The van der Waals surface area contributed by atoms with E-state index in [1.54, 1.807) is 7.11 Å². The summed E-state index contributed by atoms with van der Waals surface area (Å²) in [5, 5.41) is 9.38. The van der Waals surface area contributed by atoms with Crippen LogP contribution in [0.5, 0.6) is 5.75 Å². The molecule has 0 heterocycles. The smallest absolute Gasteiger partial charge is 0.119 e. The van der Waals surface area contributed by atoms with Gasteiger partial charge in [-0.3, -0.25) is 0 Å². The van der Waals surface area contributed by atoms with Gasteiger partial charge in [-0.05, 0) is 50.6 Å². The average Bonchev–Trinajstić information content (AvgIpc) is 2.39. The fraction of sp³-hybridized carbons (Fsp3) is 0.571. The van der Waals surface area contributed by atoms with Gasteiger partial charge in [-0.2, -0.15) is 0 Å².